The van der Waals surface area contributed by atoms with Crippen LogP contribution in [0.2, 0.25) is 0 Å². The van der Waals surface area contributed by atoms with Crippen molar-refractivity contribution in [1.29, 1.82) is 0 Å². The summed E-state index contributed by atoms with van der Waals surface area (Å²) in [6.45, 7) is 0. The number of para-hydroxylation sites is 1. The monoisotopic (exact) mass is 269 g/mol. The summed E-state index contributed by atoms with van der Waals surface area (Å²) >= 11 is 0. The van der Waals surface area contributed by atoms with Gasteiger partial charge in [-0.15, -0.1) is 0 Å². The van der Waals surface area contributed by atoms with Gasteiger partial charge in [-0.3, -0.25) is 0 Å². The molecule has 1 heterocycles. The fourth-order valence-corrected chi connectivity index (χ4v) is 3.24. The van der Waals surface area contributed by atoms with Gasteiger partial charge in [0.25, 0.3) is 0 Å². The number of nitrogens with two attached hydrogens (primary N) is 1. The lowest BCUT2D eigenvalue weighted by molar-refractivity contribution is 0.447. The van der Waals surface area contributed by atoms with E-state index in [1.165, 1.54) is 32.1 Å². The summed E-state index contributed by atoms with van der Waals surface area (Å²) in [6, 6.07) is 12.4. The Morgan fingerprint density at radius 1 is 1.15 bits per heavy atom. The molecular formula is C17H23N3. The summed E-state index contributed by atoms with van der Waals surface area (Å²) in [4.78, 5) is 0. The molecule has 1 aliphatic carbocycles. The summed E-state index contributed by atoms with van der Waals surface area (Å²) in [7, 11) is 0. The van der Waals surface area contributed by atoms with Gasteiger partial charge in [0.05, 0.1) is 11.4 Å². The van der Waals surface area contributed by atoms with Crippen molar-refractivity contribution in [3.63, 3.8) is 0 Å². The molecule has 106 valence electrons. The summed E-state index contributed by atoms with van der Waals surface area (Å²) in [5, 5.41) is 4.42. The van der Waals surface area contributed by atoms with Gasteiger partial charge in [0.2, 0.25) is 0 Å². The largest absolute Gasteiger partial charge is 0.323 e. The quantitative estimate of drug-likeness (QED) is 0.896. The Balaban J connectivity index is 1.69. The van der Waals surface area contributed by atoms with Gasteiger partial charge in [0, 0.05) is 12.2 Å². The standard InChI is InChI=1S/C17H23N3/c18-16(11-10-14-6-4-5-7-14)17-12-13-19-20(17)15-8-2-1-3-9-15/h1-3,8-9,12-14,16H,4-7,10-11,18H2. The Labute approximate surface area is 120 Å². The predicted octanol–water partition coefficient (Wildman–Crippen LogP) is 3.84. The van der Waals surface area contributed by atoms with E-state index in [0.29, 0.717) is 0 Å². The number of hydrogen-bond donors (Lipinski definition) is 1. The van der Waals surface area contributed by atoms with Gasteiger partial charge in [-0.2, -0.15) is 5.10 Å². The van der Waals surface area contributed by atoms with Crippen LogP contribution < -0.4 is 5.73 Å². The minimum Gasteiger partial charge on any atom is -0.323 e. The summed E-state index contributed by atoms with van der Waals surface area (Å²) < 4.78 is 1.97. The second-order valence-electron chi connectivity index (χ2n) is 5.84. The Kier molecular flexibility index (Phi) is 4.16. The number of hydrogen-bond acceptors (Lipinski definition) is 2. The SMILES string of the molecule is NC(CCC1CCCC1)c1ccnn1-c1ccccc1. The topological polar surface area (TPSA) is 43.8 Å². The van der Waals surface area contributed by atoms with Gasteiger partial charge in [0.15, 0.2) is 0 Å². The van der Waals surface area contributed by atoms with Crippen molar-refractivity contribution in [2.75, 3.05) is 0 Å². The third-order valence-electron chi connectivity index (χ3n) is 4.41. The van der Waals surface area contributed by atoms with Crippen LogP contribution in [0, 0.1) is 5.92 Å². The molecule has 1 aliphatic rings. The van der Waals surface area contributed by atoms with E-state index in [4.69, 9.17) is 5.73 Å². The lowest BCUT2D eigenvalue weighted by atomic mass is 9.97. The zero-order chi connectivity index (χ0) is 13.8. The van der Waals surface area contributed by atoms with Crippen LogP contribution in [-0.2, 0) is 0 Å². The van der Waals surface area contributed by atoms with Crippen LogP contribution in [0.5, 0.6) is 0 Å². The third-order valence-corrected chi connectivity index (χ3v) is 4.41. The van der Waals surface area contributed by atoms with Crippen molar-refractivity contribution < 1.29 is 0 Å². The van der Waals surface area contributed by atoms with Crippen molar-refractivity contribution in [1.82, 2.24) is 9.78 Å². The molecule has 20 heavy (non-hydrogen) atoms. The Morgan fingerprint density at radius 3 is 2.65 bits per heavy atom. The second kappa shape index (κ2) is 6.23. The molecule has 0 radical (unpaired) electrons. The van der Waals surface area contributed by atoms with Crippen LogP contribution >= 0.6 is 0 Å². The first-order valence-corrected chi connectivity index (χ1v) is 7.69. The smallest absolute Gasteiger partial charge is 0.0649 e. The number of aromatic nitrogens is 2. The molecule has 1 aromatic heterocycles. The van der Waals surface area contributed by atoms with Crippen LogP contribution in [0.3, 0.4) is 0 Å². The lowest BCUT2D eigenvalue weighted by Gasteiger charge is -2.16. The normalized spacial score (nSPS) is 17.4. The predicted molar refractivity (Wildman–Crippen MR) is 81.7 cm³/mol. The maximum atomic E-state index is 6.39. The van der Waals surface area contributed by atoms with Crippen molar-refractivity contribution in [3.8, 4) is 5.69 Å². The van der Waals surface area contributed by atoms with Gasteiger partial charge < -0.3 is 5.73 Å². The molecule has 2 aromatic rings. The molecule has 3 rings (SSSR count). The number of nitrogens with zero attached hydrogens (tertiary/aromatic N) is 2. The minimum absolute atomic E-state index is 0.0818. The molecule has 0 aliphatic heterocycles. The molecule has 2 N–H and O–H groups in total. The number of benzene rings is 1. The summed E-state index contributed by atoms with van der Waals surface area (Å²) in [5.74, 6) is 0.897. The molecule has 0 saturated heterocycles. The minimum atomic E-state index is 0.0818. The van der Waals surface area contributed by atoms with E-state index >= 15 is 0 Å². The van der Waals surface area contributed by atoms with Gasteiger partial charge >= 0.3 is 0 Å². The molecule has 1 saturated carbocycles. The van der Waals surface area contributed by atoms with Crippen molar-refractivity contribution in [3.05, 3.63) is 48.3 Å². The van der Waals surface area contributed by atoms with Crippen molar-refractivity contribution in [2.24, 2.45) is 11.7 Å². The van der Waals surface area contributed by atoms with E-state index in [1.807, 2.05) is 35.1 Å². The molecule has 0 spiro atoms. The highest BCUT2D eigenvalue weighted by atomic mass is 15.3. The molecule has 0 amide bonds. The van der Waals surface area contributed by atoms with E-state index in [9.17, 15) is 0 Å². The van der Waals surface area contributed by atoms with Gasteiger partial charge in [-0.25, -0.2) is 4.68 Å². The zero-order valence-corrected chi connectivity index (χ0v) is 11.9. The van der Waals surface area contributed by atoms with Crippen LogP contribution in [0.4, 0.5) is 0 Å². The highest BCUT2D eigenvalue weighted by Crippen LogP contribution is 2.31. The van der Waals surface area contributed by atoms with Gasteiger partial charge in [0.1, 0.15) is 0 Å². The second-order valence-corrected chi connectivity index (χ2v) is 5.84. The molecule has 1 fully saturated rings. The Morgan fingerprint density at radius 2 is 1.90 bits per heavy atom. The van der Waals surface area contributed by atoms with Crippen molar-refractivity contribution in [2.45, 2.75) is 44.6 Å². The fourth-order valence-electron chi connectivity index (χ4n) is 3.24. The molecule has 3 nitrogen and oxygen atoms in total. The fraction of sp³-hybridized carbons (Fsp3) is 0.471. The number of rotatable bonds is 5. The third kappa shape index (κ3) is 2.93. The average molecular weight is 269 g/mol. The van der Waals surface area contributed by atoms with E-state index in [-0.39, 0.29) is 6.04 Å². The molecule has 1 unspecified atom stereocenters. The van der Waals surface area contributed by atoms with Crippen molar-refractivity contribution >= 4 is 0 Å². The maximum Gasteiger partial charge on any atom is 0.0649 e. The lowest BCUT2D eigenvalue weighted by Crippen LogP contribution is -2.16. The van der Waals surface area contributed by atoms with E-state index < -0.39 is 0 Å². The average Bonchev–Trinajstić information content (AvgIpc) is 3.17. The summed E-state index contributed by atoms with van der Waals surface area (Å²) in [6.07, 6.45) is 9.75. The first-order chi connectivity index (χ1) is 9.84. The molecule has 3 heteroatoms. The van der Waals surface area contributed by atoms with E-state index in [1.54, 1.807) is 0 Å². The summed E-state index contributed by atoms with van der Waals surface area (Å²) in [5.41, 5.74) is 8.60. The molecular weight excluding hydrogens is 246 g/mol. The molecule has 1 aromatic carbocycles. The molecule has 1 atom stereocenters. The maximum absolute atomic E-state index is 6.39. The van der Waals surface area contributed by atoms with Crippen LogP contribution in [-0.4, -0.2) is 9.78 Å². The molecule has 0 bridgehead atoms. The van der Waals surface area contributed by atoms with Crippen LogP contribution in [0.1, 0.15) is 50.3 Å². The highest BCUT2D eigenvalue weighted by Gasteiger charge is 2.18. The van der Waals surface area contributed by atoms with E-state index in [0.717, 1.165) is 23.7 Å². The van der Waals surface area contributed by atoms with Gasteiger partial charge in [-0.05, 0) is 37.0 Å². The first-order valence-electron chi connectivity index (χ1n) is 7.69. The zero-order valence-electron chi connectivity index (χ0n) is 11.9. The van der Waals surface area contributed by atoms with Crippen LogP contribution in [0.25, 0.3) is 5.69 Å². The van der Waals surface area contributed by atoms with Crippen LogP contribution in [0.15, 0.2) is 42.6 Å². The van der Waals surface area contributed by atoms with E-state index in [2.05, 4.69) is 17.2 Å². The van der Waals surface area contributed by atoms with Gasteiger partial charge in [-0.1, -0.05) is 43.9 Å². The first kappa shape index (κ1) is 13.4. The Hall–Kier alpha value is -1.61. The highest BCUT2D eigenvalue weighted by molar-refractivity contribution is 5.33. The Bertz CT molecular complexity index is 526.